The second kappa shape index (κ2) is 10.5. The second-order valence-corrected chi connectivity index (χ2v) is 8.48. The van der Waals surface area contributed by atoms with Crippen molar-refractivity contribution in [3.8, 4) is 17.3 Å². The lowest BCUT2D eigenvalue weighted by Gasteiger charge is -2.11. The van der Waals surface area contributed by atoms with E-state index in [4.69, 9.17) is 27.1 Å². The van der Waals surface area contributed by atoms with Crippen molar-refractivity contribution in [2.45, 2.75) is 13.5 Å². The van der Waals surface area contributed by atoms with Crippen molar-refractivity contribution in [1.82, 2.24) is 24.6 Å². The third kappa shape index (κ3) is 5.12. The number of thiazole rings is 1. The van der Waals surface area contributed by atoms with Crippen LogP contribution in [0.1, 0.15) is 17.6 Å². The summed E-state index contributed by atoms with van der Waals surface area (Å²) >= 11 is 7.35. The zero-order valence-electron chi connectivity index (χ0n) is 18.6. The number of hydrogen-bond acceptors (Lipinski definition) is 11. The highest BCUT2D eigenvalue weighted by Crippen LogP contribution is 2.29. The van der Waals surface area contributed by atoms with Crippen LogP contribution in [0.25, 0.3) is 16.9 Å². The first-order valence-corrected chi connectivity index (χ1v) is 11.7. The van der Waals surface area contributed by atoms with Crippen LogP contribution in [-0.2, 0) is 11.3 Å². The molecule has 3 heterocycles. The Hall–Kier alpha value is -3.66. The van der Waals surface area contributed by atoms with E-state index in [9.17, 15) is 5.26 Å². The number of nitriles is 1. The van der Waals surface area contributed by atoms with Crippen molar-refractivity contribution >= 4 is 51.2 Å². The largest absolute Gasteiger partial charge is 0.398 e. The molecule has 13 heteroatoms. The summed E-state index contributed by atoms with van der Waals surface area (Å²) in [5.41, 5.74) is 8.71. The monoisotopic (exact) mass is 498 g/mol. The molecule has 0 saturated heterocycles. The summed E-state index contributed by atoms with van der Waals surface area (Å²) in [6, 6.07) is 9.24. The van der Waals surface area contributed by atoms with E-state index < -0.39 is 0 Å². The molecule has 11 nitrogen and oxygen atoms in total. The van der Waals surface area contributed by atoms with E-state index in [1.165, 1.54) is 11.3 Å². The van der Waals surface area contributed by atoms with Gasteiger partial charge in [-0.2, -0.15) is 9.78 Å². The minimum Gasteiger partial charge on any atom is -0.398 e. The number of anilines is 4. The quantitative estimate of drug-likeness (QED) is 0.189. The maximum Gasteiger partial charge on any atom is 0.226 e. The van der Waals surface area contributed by atoms with Gasteiger partial charge in [0, 0.05) is 49.1 Å². The van der Waals surface area contributed by atoms with Gasteiger partial charge < -0.3 is 26.4 Å². The molecule has 3 aromatic heterocycles. The molecular formula is C21H23ClN10OS. The molecule has 0 spiro atoms. The molecule has 0 unspecified atom stereocenters. The van der Waals surface area contributed by atoms with E-state index in [1.54, 1.807) is 23.7 Å². The number of nitrogens with one attached hydrogen (secondary N) is 3. The van der Waals surface area contributed by atoms with Crippen LogP contribution in [0.5, 0.6) is 0 Å². The Morgan fingerprint density at radius 3 is 2.74 bits per heavy atom. The molecule has 0 fully saturated rings. The first kappa shape index (κ1) is 23.5. The van der Waals surface area contributed by atoms with E-state index in [0.29, 0.717) is 76.0 Å². The molecule has 34 heavy (non-hydrogen) atoms. The van der Waals surface area contributed by atoms with Gasteiger partial charge in [-0.15, -0.1) is 5.10 Å². The molecule has 0 aliphatic heterocycles. The number of benzene rings is 1. The van der Waals surface area contributed by atoms with E-state index in [1.807, 2.05) is 19.1 Å². The molecule has 0 aliphatic rings. The van der Waals surface area contributed by atoms with Crippen molar-refractivity contribution < 1.29 is 4.74 Å². The van der Waals surface area contributed by atoms with Crippen LogP contribution in [-0.4, -0.2) is 51.3 Å². The van der Waals surface area contributed by atoms with Crippen molar-refractivity contribution in [2.24, 2.45) is 0 Å². The number of nitrogen functional groups attached to an aromatic ring is 1. The Balaban J connectivity index is 1.57. The van der Waals surface area contributed by atoms with Crippen molar-refractivity contribution in [2.75, 3.05) is 48.4 Å². The first-order chi connectivity index (χ1) is 16.5. The lowest BCUT2D eigenvalue weighted by atomic mass is 10.1. The summed E-state index contributed by atoms with van der Waals surface area (Å²) in [4.78, 5) is 14.2. The zero-order valence-corrected chi connectivity index (χ0v) is 20.2. The van der Waals surface area contributed by atoms with Crippen LogP contribution in [0, 0.1) is 11.3 Å². The molecule has 0 radical (unpaired) electrons. The summed E-state index contributed by atoms with van der Waals surface area (Å²) in [7, 11) is 1.73. The minimum atomic E-state index is 0.302. The molecule has 4 aromatic rings. The van der Waals surface area contributed by atoms with E-state index >= 15 is 0 Å². The van der Waals surface area contributed by atoms with Crippen LogP contribution in [0.2, 0.25) is 5.02 Å². The molecule has 0 saturated carbocycles. The lowest BCUT2D eigenvalue weighted by molar-refractivity contribution is 0.128. The number of halogens is 1. The highest BCUT2D eigenvalue weighted by Gasteiger charge is 2.14. The number of nitrogens with two attached hydrogens (primary N) is 1. The third-order valence-electron chi connectivity index (χ3n) is 4.74. The Labute approximate surface area is 205 Å². The zero-order chi connectivity index (χ0) is 24.1. The average molecular weight is 499 g/mol. The van der Waals surface area contributed by atoms with Crippen LogP contribution in [0.4, 0.5) is 22.6 Å². The van der Waals surface area contributed by atoms with E-state index in [0.717, 1.165) is 5.56 Å². The van der Waals surface area contributed by atoms with E-state index in [-0.39, 0.29) is 0 Å². The summed E-state index contributed by atoms with van der Waals surface area (Å²) in [5, 5.41) is 24.3. The molecule has 5 N–H and O–H groups in total. The standard InChI is InChI=1S/C21H23ClN10OS/c1-3-33-11-17-29-18-9-15(13-5-4-12(22)8-14(13)24)28-20(32(18)31-17)26-6-7-27-21-30-19(25-2)16(10-23)34-21/h4-5,8-9,25H,3,6-7,11,24H2,1-2H3,(H,26,28)(H,27,30). The maximum absolute atomic E-state index is 9.19. The average Bonchev–Trinajstić information content (AvgIpc) is 3.43. The molecule has 176 valence electrons. The van der Waals surface area contributed by atoms with E-state index in [2.05, 4.69) is 37.1 Å². The van der Waals surface area contributed by atoms with Crippen LogP contribution in [0.15, 0.2) is 24.3 Å². The number of ether oxygens (including phenoxy) is 1. The van der Waals surface area contributed by atoms with Gasteiger partial charge in [0.15, 0.2) is 27.3 Å². The van der Waals surface area contributed by atoms with Gasteiger partial charge in [0.05, 0.1) is 5.69 Å². The fourth-order valence-corrected chi connectivity index (χ4v) is 4.17. The summed E-state index contributed by atoms with van der Waals surface area (Å²) in [6.45, 7) is 3.84. The van der Waals surface area contributed by atoms with Gasteiger partial charge in [-0.1, -0.05) is 22.9 Å². The van der Waals surface area contributed by atoms with Crippen molar-refractivity contribution in [1.29, 1.82) is 5.26 Å². The van der Waals surface area contributed by atoms with Gasteiger partial charge in [-0.25, -0.2) is 15.0 Å². The molecule has 0 atom stereocenters. The van der Waals surface area contributed by atoms with Gasteiger partial charge in [0.2, 0.25) is 5.95 Å². The maximum atomic E-state index is 9.19. The second-order valence-electron chi connectivity index (χ2n) is 7.04. The van der Waals surface area contributed by atoms with Crippen LogP contribution < -0.4 is 21.7 Å². The SMILES string of the molecule is CCOCc1nc2cc(-c3ccc(Cl)cc3N)nc(NCCNc3nc(NC)c(C#N)s3)n2n1. The number of nitrogens with zero attached hydrogens (tertiary/aromatic N) is 6. The molecule has 0 amide bonds. The third-order valence-corrected chi connectivity index (χ3v) is 5.90. The topological polar surface area (TPSA) is 151 Å². The first-order valence-electron chi connectivity index (χ1n) is 10.5. The number of rotatable bonds is 10. The normalized spacial score (nSPS) is 10.9. The van der Waals surface area contributed by atoms with Gasteiger partial charge in [-0.3, -0.25) is 0 Å². The summed E-state index contributed by atoms with van der Waals surface area (Å²) in [6.07, 6.45) is 0. The highest BCUT2D eigenvalue weighted by atomic mass is 35.5. The van der Waals surface area contributed by atoms with Crippen molar-refractivity contribution in [3.63, 3.8) is 0 Å². The van der Waals surface area contributed by atoms with Crippen LogP contribution >= 0.6 is 22.9 Å². The number of hydrogen-bond donors (Lipinski definition) is 4. The lowest BCUT2D eigenvalue weighted by Crippen LogP contribution is -2.17. The molecule has 4 rings (SSSR count). The van der Waals surface area contributed by atoms with Gasteiger partial charge >= 0.3 is 0 Å². The molecular weight excluding hydrogens is 476 g/mol. The Morgan fingerprint density at radius 1 is 1.21 bits per heavy atom. The fourth-order valence-electron chi connectivity index (χ4n) is 3.19. The smallest absolute Gasteiger partial charge is 0.226 e. The van der Waals surface area contributed by atoms with Gasteiger partial charge in [0.25, 0.3) is 0 Å². The Bertz CT molecular complexity index is 1350. The predicted molar refractivity (Wildman–Crippen MR) is 134 cm³/mol. The highest BCUT2D eigenvalue weighted by molar-refractivity contribution is 7.16. The molecule has 0 aliphatic carbocycles. The minimum absolute atomic E-state index is 0.302. The molecule has 0 bridgehead atoms. The summed E-state index contributed by atoms with van der Waals surface area (Å²) < 4.78 is 7.10. The molecule has 1 aromatic carbocycles. The van der Waals surface area contributed by atoms with Crippen LogP contribution in [0.3, 0.4) is 0 Å². The van der Waals surface area contributed by atoms with Gasteiger partial charge in [-0.05, 0) is 25.1 Å². The fraction of sp³-hybridized carbons (Fsp3) is 0.286. The van der Waals surface area contributed by atoms with Gasteiger partial charge in [0.1, 0.15) is 12.7 Å². The van der Waals surface area contributed by atoms with Crippen molar-refractivity contribution in [3.05, 3.63) is 40.0 Å². The number of aromatic nitrogens is 5. The predicted octanol–water partition coefficient (Wildman–Crippen LogP) is 3.46. The Kier molecular flexibility index (Phi) is 7.27. The number of fused-ring (bicyclic) bond motifs is 1. The Morgan fingerprint density at radius 2 is 2.03 bits per heavy atom. The summed E-state index contributed by atoms with van der Waals surface area (Å²) in [5.74, 6) is 1.62.